The second-order valence-electron chi connectivity index (χ2n) is 2.74. The van der Waals surface area contributed by atoms with E-state index in [0.29, 0.717) is 0 Å². The molecule has 0 fully saturated rings. The molecule has 0 radical (unpaired) electrons. The van der Waals surface area contributed by atoms with Gasteiger partial charge in [-0.1, -0.05) is 13.8 Å². The van der Waals surface area contributed by atoms with Gasteiger partial charge in [0.15, 0.2) is 17.3 Å². The first-order chi connectivity index (χ1) is 8.20. The highest BCUT2D eigenvalue weighted by Crippen LogP contribution is 2.11. The largest absolute Gasteiger partial charge is 0.477 e. The lowest BCUT2D eigenvalue weighted by Crippen LogP contribution is -2.10. The van der Waals surface area contributed by atoms with Gasteiger partial charge in [0, 0.05) is 6.20 Å². The quantitative estimate of drug-likeness (QED) is 0.868. The van der Waals surface area contributed by atoms with Crippen LogP contribution in [-0.4, -0.2) is 25.8 Å². The number of carboxylic acids is 1. The van der Waals surface area contributed by atoms with Gasteiger partial charge in [0.05, 0.1) is 6.20 Å². The Hall–Kier alpha value is -2.24. The summed E-state index contributed by atoms with van der Waals surface area (Å²) in [5.41, 5.74) is -0.132. The van der Waals surface area contributed by atoms with Gasteiger partial charge < -0.3 is 5.11 Å². The van der Waals surface area contributed by atoms with Crippen LogP contribution in [0.2, 0.25) is 0 Å². The molecule has 0 atom stereocenters. The van der Waals surface area contributed by atoms with E-state index in [1.54, 1.807) is 0 Å². The van der Waals surface area contributed by atoms with E-state index in [-0.39, 0.29) is 11.5 Å². The summed E-state index contributed by atoms with van der Waals surface area (Å²) < 4.78 is 14.2. The number of halogens is 1. The van der Waals surface area contributed by atoms with Crippen molar-refractivity contribution in [2.45, 2.75) is 13.8 Å². The maximum absolute atomic E-state index is 13.3. The Labute approximate surface area is 97.5 Å². The molecule has 0 saturated carbocycles. The molecule has 0 spiro atoms. The van der Waals surface area contributed by atoms with Gasteiger partial charge in [-0.05, 0) is 18.2 Å². The lowest BCUT2D eigenvalue weighted by molar-refractivity contribution is 0.0686. The molecule has 0 aliphatic rings. The highest BCUT2D eigenvalue weighted by molar-refractivity contribution is 5.86. The van der Waals surface area contributed by atoms with Gasteiger partial charge >= 0.3 is 5.97 Å². The molecule has 2 aromatic heterocycles. The maximum atomic E-state index is 13.3. The molecule has 0 unspecified atom stereocenters. The fourth-order valence-corrected chi connectivity index (χ4v) is 1.17. The first-order valence-electron chi connectivity index (χ1n) is 5.08. The minimum atomic E-state index is -1.18. The van der Waals surface area contributed by atoms with Crippen LogP contribution in [-0.2, 0) is 0 Å². The van der Waals surface area contributed by atoms with Crippen molar-refractivity contribution in [3.8, 4) is 5.82 Å². The molecule has 1 N–H and O–H groups in total. The predicted molar refractivity (Wildman–Crippen MR) is 59.6 cm³/mol. The second-order valence-corrected chi connectivity index (χ2v) is 2.74. The third kappa shape index (κ3) is 2.66. The van der Waals surface area contributed by atoms with E-state index in [1.807, 2.05) is 13.8 Å². The summed E-state index contributed by atoms with van der Waals surface area (Å²) in [7, 11) is 0. The molecule has 0 aliphatic heterocycles. The van der Waals surface area contributed by atoms with E-state index in [1.165, 1.54) is 30.6 Å². The average Bonchev–Trinajstić information content (AvgIpc) is 2.81. The summed E-state index contributed by atoms with van der Waals surface area (Å²) in [5.74, 6) is -1.93. The van der Waals surface area contributed by atoms with Crippen molar-refractivity contribution in [2.75, 3.05) is 0 Å². The minimum Gasteiger partial charge on any atom is -0.477 e. The number of aromatic carboxylic acids is 1. The molecule has 0 bridgehead atoms. The first kappa shape index (κ1) is 12.8. The van der Waals surface area contributed by atoms with Crippen molar-refractivity contribution in [3.63, 3.8) is 0 Å². The summed E-state index contributed by atoms with van der Waals surface area (Å²) in [6.07, 6.45) is 2.64. The SMILES string of the molecule is CC.O=C(O)c1ccnn1-c1ncccc1F. The number of aromatic nitrogens is 3. The number of rotatable bonds is 2. The number of hydrogen-bond acceptors (Lipinski definition) is 3. The van der Waals surface area contributed by atoms with Crippen LogP contribution in [0.3, 0.4) is 0 Å². The van der Waals surface area contributed by atoms with Crippen LogP contribution in [0.15, 0.2) is 30.6 Å². The first-order valence-corrected chi connectivity index (χ1v) is 5.08. The van der Waals surface area contributed by atoms with Gasteiger partial charge in [0.2, 0.25) is 0 Å². The third-order valence-electron chi connectivity index (χ3n) is 1.80. The van der Waals surface area contributed by atoms with Gasteiger partial charge in [-0.3, -0.25) is 0 Å². The molecule has 0 aliphatic carbocycles. The van der Waals surface area contributed by atoms with E-state index in [4.69, 9.17) is 5.11 Å². The van der Waals surface area contributed by atoms with Crippen LogP contribution in [0.5, 0.6) is 0 Å². The topological polar surface area (TPSA) is 68.0 Å². The van der Waals surface area contributed by atoms with E-state index in [2.05, 4.69) is 10.1 Å². The monoisotopic (exact) mass is 237 g/mol. The maximum Gasteiger partial charge on any atom is 0.354 e. The van der Waals surface area contributed by atoms with Gasteiger partial charge in [-0.15, -0.1) is 0 Å². The zero-order chi connectivity index (χ0) is 12.8. The molecule has 90 valence electrons. The summed E-state index contributed by atoms with van der Waals surface area (Å²) in [4.78, 5) is 14.5. The van der Waals surface area contributed by atoms with E-state index in [9.17, 15) is 9.18 Å². The van der Waals surface area contributed by atoms with Crippen molar-refractivity contribution < 1.29 is 14.3 Å². The summed E-state index contributed by atoms with van der Waals surface area (Å²) >= 11 is 0. The fourth-order valence-electron chi connectivity index (χ4n) is 1.17. The van der Waals surface area contributed by atoms with E-state index in [0.717, 1.165) is 4.68 Å². The number of carbonyl (C=O) groups is 1. The molecule has 2 aromatic rings. The van der Waals surface area contributed by atoms with Crippen molar-refractivity contribution in [2.24, 2.45) is 0 Å². The van der Waals surface area contributed by atoms with Crippen LogP contribution < -0.4 is 0 Å². The molecule has 17 heavy (non-hydrogen) atoms. The normalized spacial score (nSPS) is 9.35. The number of nitrogens with zero attached hydrogens (tertiary/aromatic N) is 3. The molecule has 0 saturated heterocycles. The number of pyridine rings is 1. The van der Waals surface area contributed by atoms with Crippen LogP contribution in [0.4, 0.5) is 4.39 Å². The molecule has 6 heteroatoms. The molecule has 0 amide bonds. The van der Waals surface area contributed by atoms with Crippen molar-refractivity contribution >= 4 is 5.97 Å². The zero-order valence-electron chi connectivity index (χ0n) is 9.46. The molecular formula is C11H12FN3O2. The lowest BCUT2D eigenvalue weighted by Gasteiger charge is -2.03. The number of carboxylic acid groups (broad SMARTS) is 1. The Morgan fingerprint density at radius 1 is 1.35 bits per heavy atom. The molecule has 0 aromatic carbocycles. The van der Waals surface area contributed by atoms with E-state index >= 15 is 0 Å². The Morgan fingerprint density at radius 2 is 2.06 bits per heavy atom. The Kier molecular flexibility index (Phi) is 4.33. The molecule has 2 rings (SSSR count). The fraction of sp³-hybridized carbons (Fsp3) is 0.182. The highest BCUT2D eigenvalue weighted by Gasteiger charge is 2.15. The third-order valence-corrected chi connectivity index (χ3v) is 1.80. The highest BCUT2D eigenvalue weighted by atomic mass is 19.1. The molecular weight excluding hydrogens is 225 g/mol. The molecule has 5 nitrogen and oxygen atoms in total. The standard InChI is InChI=1S/C9H6FN3O2.C2H6/c10-6-2-1-4-11-8(6)13-7(9(14)15)3-5-12-13;1-2/h1-5H,(H,14,15);1-2H3. The van der Waals surface area contributed by atoms with Crippen molar-refractivity contribution in [1.82, 2.24) is 14.8 Å². The Bertz CT molecular complexity index is 511. The summed E-state index contributed by atoms with van der Waals surface area (Å²) in [6, 6.07) is 3.88. The Morgan fingerprint density at radius 3 is 2.65 bits per heavy atom. The van der Waals surface area contributed by atoms with Crippen LogP contribution in [0.1, 0.15) is 24.3 Å². The van der Waals surface area contributed by atoms with Crippen LogP contribution >= 0.6 is 0 Å². The van der Waals surface area contributed by atoms with Gasteiger partial charge in [0.25, 0.3) is 0 Å². The zero-order valence-corrected chi connectivity index (χ0v) is 9.46. The van der Waals surface area contributed by atoms with Crippen LogP contribution in [0, 0.1) is 5.82 Å². The van der Waals surface area contributed by atoms with Gasteiger partial charge in [0.1, 0.15) is 0 Å². The second kappa shape index (κ2) is 5.74. The predicted octanol–water partition coefficient (Wildman–Crippen LogP) is 2.13. The minimum absolute atomic E-state index is 0.125. The van der Waals surface area contributed by atoms with E-state index < -0.39 is 11.8 Å². The smallest absolute Gasteiger partial charge is 0.354 e. The Balaban J connectivity index is 0.000000686. The average molecular weight is 237 g/mol. The molecule has 2 heterocycles. The van der Waals surface area contributed by atoms with Crippen molar-refractivity contribution in [3.05, 3.63) is 42.1 Å². The van der Waals surface area contributed by atoms with Crippen LogP contribution in [0.25, 0.3) is 5.82 Å². The van der Waals surface area contributed by atoms with Crippen molar-refractivity contribution in [1.29, 1.82) is 0 Å². The summed E-state index contributed by atoms with van der Waals surface area (Å²) in [5, 5.41) is 12.5. The van der Waals surface area contributed by atoms with Gasteiger partial charge in [-0.25, -0.2) is 18.9 Å². The number of hydrogen-bond donors (Lipinski definition) is 1. The van der Waals surface area contributed by atoms with Gasteiger partial charge in [-0.2, -0.15) is 5.10 Å². The lowest BCUT2D eigenvalue weighted by atomic mass is 10.4. The summed E-state index contributed by atoms with van der Waals surface area (Å²) in [6.45, 7) is 4.00.